The number of aliphatic hydroxyl groups is 2. The number of aromatic nitrogens is 1. The summed E-state index contributed by atoms with van der Waals surface area (Å²) in [5.41, 5.74) is 1.35. The Labute approximate surface area is 124 Å². The summed E-state index contributed by atoms with van der Waals surface area (Å²) in [4.78, 5) is 15.0. The Kier molecular flexibility index (Phi) is 4.98. The van der Waals surface area contributed by atoms with Crippen molar-refractivity contribution < 1.29 is 15.0 Å². The molecule has 0 atom stereocenters. The SMILES string of the molecule is CC(CO)(CO)NC(=O)CCCc1c[nH]c2ccccc12. The van der Waals surface area contributed by atoms with Crippen molar-refractivity contribution in [1.29, 1.82) is 0 Å². The van der Waals surface area contributed by atoms with Crippen molar-refractivity contribution in [3.05, 3.63) is 36.0 Å². The molecular weight excluding hydrogens is 268 g/mol. The van der Waals surface area contributed by atoms with Crippen LogP contribution in [-0.4, -0.2) is 39.9 Å². The molecule has 0 radical (unpaired) electrons. The van der Waals surface area contributed by atoms with Crippen LogP contribution in [0.2, 0.25) is 0 Å². The van der Waals surface area contributed by atoms with Crippen LogP contribution in [0.4, 0.5) is 0 Å². The number of aryl methyl sites for hydroxylation is 1. The third-order valence-corrected chi connectivity index (χ3v) is 3.66. The van der Waals surface area contributed by atoms with Crippen LogP contribution in [-0.2, 0) is 11.2 Å². The number of hydrogen-bond donors (Lipinski definition) is 4. The molecular formula is C16H22N2O3. The zero-order valence-electron chi connectivity index (χ0n) is 12.2. The lowest BCUT2D eigenvalue weighted by atomic mass is 10.0. The first-order valence-electron chi connectivity index (χ1n) is 7.16. The fraction of sp³-hybridized carbons (Fsp3) is 0.438. The largest absolute Gasteiger partial charge is 0.394 e. The summed E-state index contributed by atoms with van der Waals surface area (Å²) in [6.45, 7) is 1.06. The molecule has 0 aliphatic heterocycles. The number of H-pyrrole nitrogens is 1. The van der Waals surface area contributed by atoms with Crippen molar-refractivity contribution in [3.8, 4) is 0 Å². The number of amides is 1. The monoisotopic (exact) mass is 290 g/mol. The summed E-state index contributed by atoms with van der Waals surface area (Å²) in [5.74, 6) is -0.152. The lowest BCUT2D eigenvalue weighted by molar-refractivity contribution is -0.124. The smallest absolute Gasteiger partial charge is 0.220 e. The maximum Gasteiger partial charge on any atom is 0.220 e. The summed E-state index contributed by atoms with van der Waals surface area (Å²) in [7, 11) is 0. The lowest BCUT2D eigenvalue weighted by Crippen LogP contribution is -2.51. The highest BCUT2D eigenvalue weighted by Crippen LogP contribution is 2.19. The molecule has 1 aromatic carbocycles. The van der Waals surface area contributed by atoms with Gasteiger partial charge in [0.15, 0.2) is 0 Å². The number of fused-ring (bicyclic) bond motifs is 1. The van der Waals surface area contributed by atoms with Gasteiger partial charge in [-0.15, -0.1) is 0 Å². The average molecular weight is 290 g/mol. The van der Waals surface area contributed by atoms with Crippen LogP contribution in [0.5, 0.6) is 0 Å². The number of nitrogens with one attached hydrogen (secondary N) is 2. The van der Waals surface area contributed by atoms with Crippen LogP contribution in [0, 0.1) is 0 Å². The first-order chi connectivity index (χ1) is 10.1. The predicted octanol–water partition coefficient (Wildman–Crippen LogP) is 1.35. The minimum Gasteiger partial charge on any atom is -0.394 e. The number of aliphatic hydroxyl groups excluding tert-OH is 2. The molecule has 0 saturated carbocycles. The summed E-state index contributed by atoms with van der Waals surface area (Å²) in [6, 6.07) is 8.08. The second-order valence-electron chi connectivity index (χ2n) is 5.64. The highest BCUT2D eigenvalue weighted by Gasteiger charge is 2.24. The molecule has 21 heavy (non-hydrogen) atoms. The number of benzene rings is 1. The van der Waals surface area contributed by atoms with E-state index in [4.69, 9.17) is 10.2 Å². The van der Waals surface area contributed by atoms with Crippen LogP contribution >= 0.6 is 0 Å². The zero-order valence-corrected chi connectivity index (χ0v) is 12.2. The number of rotatable bonds is 7. The van der Waals surface area contributed by atoms with Gasteiger partial charge in [0.25, 0.3) is 0 Å². The Hall–Kier alpha value is -1.85. The van der Waals surface area contributed by atoms with Crippen molar-refractivity contribution in [2.75, 3.05) is 13.2 Å². The van der Waals surface area contributed by atoms with Crippen molar-refractivity contribution >= 4 is 16.8 Å². The lowest BCUT2D eigenvalue weighted by Gasteiger charge is -2.26. The molecule has 0 spiro atoms. The van der Waals surface area contributed by atoms with E-state index in [0.29, 0.717) is 6.42 Å². The van der Waals surface area contributed by atoms with Crippen molar-refractivity contribution in [3.63, 3.8) is 0 Å². The normalized spacial score (nSPS) is 11.8. The fourth-order valence-corrected chi connectivity index (χ4v) is 2.31. The molecule has 1 aromatic heterocycles. The molecule has 0 aliphatic carbocycles. The van der Waals surface area contributed by atoms with Gasteiger partial charge in [-0.25, -0.2) is 0 Å². The highest BCUT2D eigenvalue weighted by atomic mass is 16.3. The summed E-state index contributed by atoms with van der Waals surface area (Å²) in [6.07, 6.45) is 3.89. The number of para-hydroxylation sites is 1. The first-order valence-corrected chi connectivity index (χ1v) is 7.16. The van der Waals surface area contributed by atoms with E-state index in [1.165, 1.54) is 10.9 Å². The van der Waals surface area contributed by atoms with Crippen LogP contribution in [0.1, 0.15) is 25.3 Å². The number of aromatic amines is 1. The second kappa shape index (κ2) is 6.74. The van der Waals surface area contributed by atoms with Crippen molar-refractivity contribution in [2.24, 2.45) is 0 Å². The van der Waals surface area contributed by atoms with Crippen LogP contribution in [0.15, 0.2) is 30.5 Å². The Bertz CT molecular complexity index is 602. The molecule has 0 unspecified atom stereocenters. The van der Waals surface area contributed by atoms with E-state index in [1.54, 1.807) is 6.92 Å². The van der Waals surface area contributed by atoms with Crippen LogP contribution in [0.25, 0.3) is 10.9 Å². The van der Waals surface area contributed by atoms with Gasteiger partial charge in [-0.1, -0.05) is 18.2 Å². The molecule has 2 aromatic rings. The average Bonchev–Trinajstić information content (AvgIpc) is 2.90. The number of carbonyl (C=O) groups is 1. The third-order valence-electron chi connectivity index (χ3n) is 3.66. The van der Waals surface area contributed by atoms with Gasteiger partial charge in [0.1, 0.15) is 0 Å². The highest BCUT2D eigenvalue weighted by molar-refractivity contribution is 5.83. The molecule has 2 rings (SSSR count). The maximum absolute atomic E-state index is 11.8. The molecule has 0 saturated heterocycles. The van der Waals surface area contributed by atoms with Crippen LogP contribution in [0.3, 0.4) is 0 Å². The first kappa shape index (κ1) is 15.5. The van der Waals surface area contributed by atoms with Gasteiger partial charge in [0.05, 0.1) is 18.8 Å². The predicted molar refractivity (Wildman–Crippen MR) is 82.0 cm³/mol. The van der Waals surface area contributed by atoms with Gasteiger partial charge >= 0.3 is 0 Å². The van der Waals surface area contributed by atoms with E-state index in [-0.39, 0.29) is 19.1 Å². The molecule has 1 amide bonds. The van der Waals surface area contributed by atoms with Crippen LogP contribution < -0.4 is 5.32 Å². The van der Waals surface area contributed by atoms with E-state index in [0.717, 1.165) is 18.4 Å². The second-order valence-corrected chi connectivity index (χ2v) is 5.64. The van der Waals surface area contributed by atoms with Gasteiger partial charge in [0.2, 0.25) is 5.91 Å². The summed E-state index contributed by atoms with van der Waals surface area (Å²) >= 11 is 0. The Morgan fingerprint density at radius 1 is 1.29 bits per heavy atom. The molecule has 1 heterocycles. The molecule has 5 heteroatoms. The Balaban J connectivity index is 1.85. The number of carbonyl (C=O) groups excluding carboxylic acids is 1. The van der Waals surface area contributed by atoms with Gasteiger partial charge in [0, 0.05) is 23.5 Å². The van der Waals surface area contributed by atoms with Crippen molar-refractivity contribution in [1.82, 2.24) is 10.3 Å². The van der Waals surface area contributed by atoms with E-state index in [2.05, 4.69) is 16.4 Å². The van der Waals surface area contributed by atoms with Gasteiger partial charge in [-0.05, 0) is 31.4 Å². The maximum atomic E-state index is 11.8. The fourth-order valence-electron chi connectivity index (χ4n) is 2.31. The van der Waals surface area contributed by atoms with Crippen molar-refractivity contribution in [2.45, 2.75) is 31.7 Å². The molecule has 5 nitrogen and oxygen atoms in total. The molecule has 4 N–H and O–H groups in total. The van der Waals surface area contributed by atoms with E-state index in [9.17, 15) is 4.79 Å². The molecule has 0 bridgehead atoms. The van der Waals surface area contributed by atoms with Gasteiger partial charge in [-0.3, -0.25) is 4.79 Å². The van der Waals surface area contributed by atoms with Gasteiger partial charge in [-0.2, -0.15) is 0 Å². The Morgan fingerprint density at radius 2 is 2.00 bits per heavy atom. The minimum absolute atomic E-state index is 0.152. The number of hydrogen-bond acceptors (Lipinski definition) is 3. The molecule has 0 aliphatic rings. The summed E-state index contributed by atoms with van der Waals surface area (Å²) in [5, 5.41) is 22.2. The quantitative estimate of drug-likeness (QED) is 0.621. The minimum atomic E-state index is -0.947. The van der Waals surface area contributed by atoms with Gasteiger partial charge < -0.3 is 20.5 Å². The topological polar surface area (TPSA) is 85.3 Å². The zero-order chi connectivity index (χ0) is 15.3. The Morgan fingerprint density at radius 3 is 2.71 bits per heavy atom. The summed E-state index contributed by atoms with van der Waals surface area (Å²) < 4.78 is 0. The third kappa shape index (κ3) is 3.83. The molecule has 114 valence electrons. The molecule has 0 fully saturated rings. The van der Waals surface area contributed by atoms with E-state index in [1.807, 2.05) is 24.4 Å². The van der Waals surface area contributed by atoms with E-state index >= 15 is 0 Å². The standard InChI is InChI=1S/C16H22N2O3/c1-16(10-19,11-20)18-15(21)8-4-5-12-9-17-14-7-3-2-6-13(12)14/h2-3,6-7,9,17,19-20H,4-5,8,10-11H2,1H3,(H,18,21). The van der Waals surface area contributed by atoms with E-state index < -0.39 is 5.54 Å².